The maximum atomic E-state index is 11.7. The molecular weight excluding hydrogens is 308 g/mol. The van der Waals surface area contributed by atoms with Crippen molar-refractivity contribution >= 4 is 33.4 Å². The lowest BCUT2D eigenvalue weighted by atomic mass is 9.92. The van der Waals surface area contributed by atoms with E-state index in [0.29, 0.717) is 12.2 Å². The Hall–Kier alpha value is -1.36. The van der Waals surface area contributed by atoms with Crippen LogP contribution in [-0.4, -0.2) is 18.4 Å². The van der Waals surface area contributed by atoms with Crippen LogP contribution in [0, 0.1) is 11.8 Å². The number of hydrogen-bond acceptors (Lipinski definition) is 2. The van der Waals surface area contributed by atoms with Crippen molar-refractivity contribution in [3.05, 3.63) is 28.7 Å². The molecule has 0 heterocycles. The topological polar surface area (TPSA) is 58.2 Å². The fraction of sp³-hybridized carbons (Fsp3) is 0.429. The van der Waals surface area contributed by atoms with Gasteiger partial charge in [-0.2, -0.15) is 0 Å². The van der Waals surface area contributed by atoms with Gasteiger partial charge in [0.05, 0.1) is 0 Å². The molecule has 2 amide bonds. The number of urea groups is 1. The Morgan fingerprint density at radius 1 is 1.21 bits per heavy atom. The highest BCUT2D eigenvalue weighted by Crippen LogP contribution is 2.14. The van der Waals surface area contributed by atoms with Gasteiger partial charge in [0.25, 0.3) is 0 Å². The smallest absolute Gasteiger partial charge is 0.319 e. The molecule has 1 rings (SSSR count). The molecule has 19 heavy (non-hydrogen) atoms. The zero-order valence-electron chi connectivity index (χ0n) is 11.4. The van der Waals surface area contributed by atoms with E-state index < -0.39 is 0 Å². The Morgan fingerprint density at radius 2 is 1.79 bits per heavy atom. The Bertz CT molecular complexity index is 443. The second-order valence-electron chi connectivity index (χ2n) is 4.80. The fourth-order valence-electron chi connectivity index (χ4n) is 1.76. The van der Waals surface area contributed by atoms with E-state index >= 15 is 0 Å². The molecule has 5 heteroatoms. The predicted octanol–water partition coefficient (Wildman–Crippen LogP) is 3.43. The largest absolute Gasteiger partial charge is 0.337 e. The van der Waals surface area contributed by atoms with Gasteiger partial charge in [-0.05, 0) is 37.1 Å². The van der Waals surface area contributed by atoms with Gasteiger partial charge in [-0.25, -0.2) is 4.79 Å². The molecule has 0 saturated heterocycles. The lowest BCUT2D eigenvalue weighted by Gasteiger charge is -2.18. The van der Waals surface area contributed by atoms with Crippen LogP contribution >= 0.6 is 15.9 Å². The van der Waals surface area contributed by atoms with Gasteiger partial charge in [-0.1, -0.05) is 29.8 Å². The van der Waals surface area contributed by atoms with Crippen LogP contribution in [0.1, 0.15) is 20.8 Å². The summed E-state index contributed by atoms with van der Waals surface area (Å²) in [6, 6.07) is 7.00. The summed E-state index contributed by atoms with van der Waals surface area (Å²) in [5.41, 5.74) is 0.713. The van der Waals surface area contributed by atoms with Crippen LogP contribution in [0.25, 0.3) is 0 Å². The zero-order chi connectivity index (χ0) is 14.4. The molecule has 0 radical (unpaired) electrons. The molecule has 0 fully saturated rings. The van der Waals surface area contributed by atoms with Crippen molar-refractivity contribution in [1.29, 1.82) is 0 Å². The van der Waals surface area contributed by atoms with Crippen molar-refractivity contribution in [1.82, 2.24) is 5.32 Å². The Morgan fingerprint density at radius 3 is 2.26 bits per heavy atom. The second-order valence-corrected chi connectivity index (χ2v) is 5.72. The Balaban J connectivity index is 2.47. The molecule has 104 valence electrons. The van der Waals surface area contributed by atoms with Crippen LogP contribution in [-0.2, 0) is 4.79 Å². The third kappa shape index (κ3) is 5.42. The van der Waals surface area contributed by atoms with Gasteiger partial charge in [0.15, 0.2) is 0 Å². The molecule has 0 aromatic heterocycles. The number of nitrogens with one attached hydrogen (secondary N) is 2. The first-order valence-electron chi connectivity index (χ1n) is 6.21. The highest BCUT2D eigenvalue weighted by Gasteiger charge is 2.18. The minimum atomic E-state index is -0.297. The zero-order valence-corrected chi connectivity index (χ0v) is 13.0. The lowest BCUT2D eigenvalue weighted by molar-refractivity contribution is -0.121. The van der Waals surface area contributed by atoms with E-state index in [1.54, 1.807) is 19.1 Å². The number of halogens is 1. The van der Waals surface area contributed by atoms with Gasteiger partial charge in [0.1, 0.15) is 5.78 Å². The highest BCUT2D eigenvalue weighted by atomic mass is 79.9. The van der Waals surface area contributed by atoms with Crippen LogP contribution in [0.2, 0.25) is 0 Å². The molecule has 0 spiro atoms. The summed E-state index contributed by atoms with van der Waals surface area (Å²) in [6.45, 7) is 5.86. The minimum Gasteiger partial charge on any atom is -0.337 e. The molecule has 0 aliphatic rings. The van der Waals surface area contributed by atoms with Crippen LogP contribution in [0.3, 0.4) is 0 Å². The third-order valence-electron chi connectivity index (χ3n) is 2.91. The van der Waals surface area contributed by atoms with Crippen LogP contribution in [0.15, 0.2) is 28.7 Å². The van der Waals surface area contributed by atoms with Gasteiger partial charge in [-0.3, -0.25) is 4.79 Å². The number of amides is 2. The summed E-state index contributed by atoms with van der Waals surface area (Å²) >= 11 is 3.33. The maximum Gasteiger partial charge on any atom is 0.319 e. The van der Waals surface area contributed by atoms with E-state index in [0.717, 1.165) is 4.47 Å². The fourth-order valence-corrected chi connectivity index (χ4v) is 2.02. The quantitative estimate of drug-likeness (QED) is 0.870. The molecule has 0 aliphatic carbocycles. The number of anilines is 1. The van der Waals surface area contributed by atoms with Gasteiger partial charge < -0.3 is 10.6 Å². The molecule has 0 bridgehead atoms. The van der Waals surface area contributed by atoms with Crippen molar-refractivity contribution in [3.8, 4) is 0 Å². The summed E-state index contributed by atoms with van der Waals surface area (Å²) in [5, 5.41) is 5.45. The van der Waals surface area contributed by atoms with Crippen LogP contribution in [0.5, 0.6) is 0 Å². The molecule has 1 atom stereocenters. The van der Waals surface area contributed by atoms with Crippen LogP contribution in [0.4, 0.5) is 10.5 Å². The lowest BCUT2D eigenvalue weighted by Crippen LogP contribution is -2.37. The normalized spacial score (nSPS) is 12.1. The molecule has 0 saturated carbocycles. The van der Waals surface area contributed by atoms with Crippen molar-refractivity contribution < 1.29 is 9.59 Å². The molecule has 4 nitrogen and oxygen atoms in total. The van der Waals surface area contributed by atoms with Crippen molar-refractivity contribution in [2.75, 3.05) is 11.9 Å². The average molecular weight is 327 g/mol. The second kappa shape index (κ2) is 7.28. The maximum absolute atomic E-state index is 11.7. The first-order chi connectivity index (χ1) is 8.90. The summed E-state index contributed by atoms with van der Waals surface area (Å²) < 4.78 is 0.954. The number of rotatable bonds is 5. The minimum absolute atomic E-state index is 0.0962. The van der Waals surface area contributed by atoms with Gasteiger partial charge in [0, 0.05) is 22.6 Å². The molecule has 1 aromatic rings. The highest BCUT2D eigenvalue weighted by molar-refractivity contribution is 9.10. The molecule has 1 unspecified atom stereocenters. The average Bonchev–Trinajstić information content (AvgIpc) is 2.31. The van der Waals surface area contributed by atoms with E-state index in [1.165, 1.54) is 0 Å². The van der Waals surface area contributed by atoms with E-state index in [1.807, 2.05) is 26.0 Å². The Labute approximate surface area is 122 Å². The summed E-state index contributed by atoms with van der Waals surface area (Å²) in [5.74, 6) is 0.167. The van der Waals surface area contributed by atoms with Gasteiger partial charge in [-0.15, -0.1) is 0 Å². The standard InChI is InChI=1S/C14H19BrN2O2/c1-9(2)13(10(3)18)8-16-14(19)17-12-6-4-11(15)5-7-12/h4-7,9,13H,8H2,1-3H3,(H2,16,17,19). The number of Topliss-reactive ketones (excluding diaryl/α,β-unsaturated/α-hetero) is 1. The molecule has 0 aliphatic heterocycles. The molecule has 2 N–H and O–H groups in total. The monoisotopic (exact) mass is 326 g/mol. The first-order valence-corrected chi connectivity index (χ1v) is 7.00. The summed E-state index contributed by atoms with van der Waals surface area (Å²) in [6.07, 6.45) is 0. The molecule has 1 aromatic carbocycles. The van der Waals surface area contributed by atoms with Gasteiger partial charge >= 0.3 is 6.03 Å². The van der Waals surface area contributed by atoms with Crippen molar-refractivity contribution in [3.63, 3.8) is 0 Å². The number of ketones is 1. The van der Waals surface area contributed by atoms with Crippen molar-refractivity contribution in [2.45, 2.75) is 20.8 Å². The van der Waals surface area contributed by atoms with E-state index in [4.69, 9.17) is 0 Å². The molecular formula is C14H19BrN2O2. The van der Waals surface area contributed by atoms with E-state index in [9.17, 15) is 9.59 Å². The first kappa shape index (κ1) is 15.7. The number of carbonyl (C=O) groups excluding carboxylic acids is 2. The van der Waals surface area contributed by atoms with E-state index in [-0.39, 0.29) is 23.7 Å². The number of hydrogen-bond donors (Lipinski definition) is 2. The number of carbonyl (C=O) groups is 2. The summed E-state index contributed by atoms with van der Waals surface area (Å²) in [4.78, 5) is 23.1. The van der Waals surface area contributed by atoms with Crippen molar-refractivity contribution in [2.24, 2.45) is 11.8 Å². The van der Waals surface area contributed by atoms with Gasteiger partial charge in [0.2, 0.25) is 0 Å². The SMILES string of the molecule is CC(=O)C(CNC(=O)Nc1ccc(Br)cc1)C(C)C. The van der Waals surface area contributed by atoms with Crippen LogP contribution < -0.4 is 10.6 Å². The van der Waals surface area contributed by atoms with E-state index in [2.05, 4.69) is 26.6 Å². The number of benzene rings is 1. The summed E-state index contributed by atoms with van der Waals surface area (Å²) in [7, 11) is 0. The predicted molar refractivity (Wildman–Crippen MR) is 80.2 cm³/mol. The third-order valence-corrected chi connectivity index (χ3v) is 3.44. The Kier molecular flexibility index (Phi) is 6.02.